The Morgan fingerprint density at radius 2 is 2.08 bits per heavy atom. The van der Waals surface area contributed by atoms with Gasteiger partial charge in [-0.1, -0.05) is 19.1 Å². The van der Waals surface area contributed by atoms with Crippen molar-refractivity contribution in [3.05, 3.63) is 53.9 Å². The Morgan fingerprint density at radius 3 is 2.73 bits per heavy atom. The van der Waals surface area contributed by atoms with Crippen molar-refractivity contribution >= 4 is 11.6 Å². The molecule has 0 spiro atoms. The van der Waals surface area contributed by atoms with E-state index in [2.05, 4.69) is 29.4 Å². The molecule has 0 bridgehead atoms. The van der Waals surface area contributed by atoms with E-state index >= 15 is 0 Å². The summed E-state index contributed by atoms with van der Waals surface area (Å²) in [5.41, 5.74) is 2.71. The van der Waals surface area contributed by atoms with E-state index in [0.717, 1.165) is 43.9 Å². The molecular formula is C21H27N3O2. The molecule has 1 unspecified atom stereocenters. The maximum Gasteiger partial charge on any atom is 0.272 e. The lowest BCUT2D eigenvalue weighted by molar-refractivity contribution is 0.0677. The molecule has 0 radical (unpaired) electrons. The Labute approximate surface area is 155 Å². The van der Waals surface area contributed by atoms with Crippen molar-refractivity contribution in [2.45, 2.75) is 26.2 Å². The molecule has 138 valence electrons. The molecule has 1 aliphatic rings. The first kappa shape index (κ1) is 18.2. The first-order chi connectivity index (χ1) is 12.7. The number of nitrogens with zero attached hydrogens (tertiary/aromatic N) is 2. The van der Waals surface area contributed by atoms with Crippen molar-refractivity contribution in [1.82, 2.24) is 9.88 Å². The number of carbonyl (C=O) groups excluding carboxylic acids is 1. The molecule has 0 saturated carbocycles. The summed E-state index contributed by atoms with van der Waals surface area (Å²) < 4.78 is 5.17. The van der Waals surface area contributed by atoms with E-state index in [-0.39, 0.29) is 5.91 Å². The number of likely N-dealkylation sites (tertiary alicyclic amines) is 1. The molecular weight excluding hydrogens is 326 g/mol. The van der Waals surface area contributed by atoms with Crippen LogP contribution in [0.3, 0.4) is 0 Å². The molecule has 5 heteroatoms. The molecule has 26 heavy (non-hydrogen) atoms. The monoisotopic (exact) mass is 353 g/mol. The smallest absolute Gasteiger partial charge is 0.272 e. The third kappa shape index (κ3) is 4.75. The number of methoxy groups -OCH3 is 1. The van der Waals surface area contributed by atoms with Crippen LogP contribution in [0.5, 0.6) is 5.75 Å². The number of benzene rings is 1. The van der Waals surface area contributed by atoms with Crippen LogP contribution in [0, 0.1) is 5.92 Å². The van der Waals surface area contributed by atoms with E-state index in [4.69, 9.17) is 4.74 Å². The minimum absolute atomic E-state index is 0.0429. The summed E-state index contributed by atoms with van der Waals surface area (Å²) >= 11 is 0. The first-order valence-corrected chi connectivity index (χ1v) is 9.28. The quantitative estimate of drug-likeness (QED) is 0.862. The van der Waals surface area contributed by atoms with Crippen LogP contribution in [0.1, 0.15) is 35.8 Å². The average Bonchev–Trinajstić information content (AvgIpc) is 2.68. The second-order valence-electron chi connectivity index (χ2n) is 6.96. The second-order valence-corrected chi connectivity index (χ2v) is 6.96. The first-order valence-electron chi connectivity index (χ1n) is 9.28. The molecule has 2 heterocycles. The summed E-state index contributed by atoms with van der Waals surface area (Å²) in [5, 5.41) is 3.36. The van der Waals surface area contributed by atoms with Gasteiger partial charge in [-0.15, -0.1) is 0 Å². The fourth-order valence-corrected chi connectivity index (χ4v) is 3.30. The fraction of sp³-hybridized carbons (Fsp3) is 0.429. The highest BCUT2D eigenvalue weighted by atomic mass is 16.5. The third-order valence-corrected chi connectivity index (χ3v) is 4.83. The van der Waals surface area contributed by atoms with Gasteiger partial charge in [0.2, 0.25) is 0 Å². The molecule has 1 amide bonds. The number of aromatic nitrogens is 1. The van der Waals surface area contributed by atoms with Crippen molar-refractivity contribution in [2.75, 3.05) is 32.1 Å². The van der Waals surface area contributed by atoms with Gasteiger partial charge in [0.1, 0.15) is 11.4 Å². The zero-order chi connectivity index (χ0) is 18.4. The molecule has 0 aliphatic carbocycles. The Bertz CT molecular complexity index is 713. The van der Waals surface area contributed by atoms with Crippen LogP contribution < -0.4 is 10.1 Å². The van der Waals surface area contributed by atoms with Gasteiger partial charge in [-0.3, -0.25) is 4.79 Å². The topological polar surface area (TPSA) is 54.5 Å². The van der Waals surface area contributed by atoms with Crippen LogP contribution in [0.15, 0.2) is 42.6 Å². The summed E-state index contributed by atoms with van der Waals surface area (Å²) in [6.07, 6.45) is 4.94. The fourth-order valence-electron chi connectivity index (χ4n) is 3.30. The van der Waals surface area contributed by atoms with Gasteiger partial charge in [0.05, 0.1) is 19.0 Å². The summed E-state index contributed by atoms with van der Waals surface area (Å²) in [4.78, 5) is 18.8. The molecule has 1 saturated heterocycles. The van der Waals surface area contributed by atoms with Gasteiger partial charge < -0.3 is 15.0 Å². The zero-order valence-electron chi connectivity index (χ0n) is 15.6. The average molecular weight is 353 g/mol. The minimum Gasteiger partial charge on any atom is -0.497 e. The minimum atomic E-state index is 0.0429. The number of rotatable bonds is 6. The Balaban J connectivity index is 1.50. The molecule has 1 fully saturated rings. The number of pyridine rings is 1. The lowest BCUT2D eigenvalue weighted by Gasteiger charge is -2.30. The SMILES string of the molecule is COc1ccc(CCNc2ccc(C(=O)N3CCCC(C)C3)nc2)cc1. The standard InChI is InChI=1S/C21H27N3O2/c1-16-4-3-13-24(15-16)21(25)20-10-7-18(14-23-20)22-12-11-17-5-8-19(26-2)9-6-17/h5-10,14,16,22H,3-4,11-13,15H2,1-2H3. The van der Waals surface area contributed by atoms with Gasteiger partial charge in [-0.05, 0) is 55.0 Å². The van der Waals surface area contributed by atoms with Crippen molar-refractivity contribution in [2.24, 2.45) is 5.92 Å². The third-order valence-electron chi connectivity index (χ3n) is 4.83. The number of piperidine rings is 1. The number of hydrogen-bond donors (Lipinski definition) is 1. The number of anilines is 1. The van der Waals surface area contributed by atoms with Crippen LogP contribution in [-0.4, -0.2) is 42.5 Å². The van der Waals surface area contributed by atoms with E-state index in [1.807, 2.05) is 29.2 Å². The highest BCUT2D eigenvalue weighted by Crippen LogP contribution is 2.18. The highest BCUT2D eigenvalue weighted by molar-refractivity contribution is 5.92. The molecule has 1 aromatic carbocycles. The van der Waals surface area contributed by atoms with Gasteiger partial charge in [-0.25, -0.2) is 4.98 Å². The highest BCUT2D eigenvalue weighted by Gasteiger charge is 2.22. The van der Waals surface area contributed by atoms with Crippen molar-refractivity contribution in [1.29, 1.82) is 0 Å². The Morgan fingerprint density at radius 1 is 1.27 bits per heavy atom. The lowest BCUT2D eigenvalue weighted by atomic mass is 10.00. The number of ether oxygens (including phenoxy) is 1. The number of carbonyl (C=O) groups is 1. The van der Waals surface area contributed by atoms with Gasteiger partial charge in [0.25, 0.3) is 5.91 Å². The van der Waals surface area contributed by atoms with E-state index < -0.39 is 0 Å². The van der Waals surface area contributed by atoms with Crippen molar-refractivity contribution in [3.8, 4) is 5.75 Å². The molecule has 1 aromatic heterocycles. The van der Waals surface area contributed by atoms with Crippen molar-refractivity contribution in [3.63, 3.8) is 0 Å². The molecule has 1 atom stereocenters. The lowest BCUT2D eigenvalue weighted by Crippen LogP contribution is -2.39. The van der Waals surface area contributed by atoms with Gasteiger partial charge in [-0.2, -0.15) is 0 Å². The Hall–Kier alpha value is -2.56. The summed E-state index contributed by atoms with van der Waals surface area (Å²) in [5.74, 6) is 1.49. The molecule has 1 aliphatic heterocycles. The number of amides is 1. The van der Waals surface area contributed by atoms with E-state index in [1.165, 1.54) is 12.0 Å². The predicted octanol–water partition coefficient (Wildman–Crippen LogP) is 3.62. The van der Waals surface area contributed by atoms with Crippen molar-refractivity contribution < 1.29 is 9.53 Å². The number of nitrogens with one attached hydrogen (secondary N) is 1. The van der Waals surface area contributed by atoms with Crippen LogP contribution in [0.25, 0.3) is 0 Å². The van der Waals surface area contributed by atoms with Gasteiger partial charge >= 0.3 is 0 Å². The van der Waals surface area contributed by atoms with Crippen LogP contribution in [0.4, 0.5) is 5.69 Å². The number of hydrogen-bond acceptors (Lipinski definition) is 4. The summed E-state index contributed by atoms with van der Waals surface area (Å²) in [7, 11) is 1.67. The summed E-state index contributed by atoms with van der Waals surface area (Å²) in [6.45, 7) is 4.68. The molecule has 3 rings (SSSR count). The Kier molecular flexibility index (Phi) is 6.10. The van der Waals surface area contributed by atoms with E-state index in [1.54, 1.807) is 13.3 Å². The zero-order valence-corrected chi connectivity index (χ0v) is 15.6. The maximum atomic E-state index is 12.5. The summed E-state index contributed by atoms with van der Waals surface area (Å²) in [6, 6.07) is 11.8. The molecule has 2 aromatic rings. The molecule has 5 nitrogen and oxygen atoms in total. The van der Waals surface area contributed by atoms with Crippen LogP contribution in [-0.2, 0) is 6.42 Å². The van der Waals surface area contributed by atoms with Gasteiger partial charge in [0, 0.05) is 19.6 Å². The van der Waals surface area contributed by atoms with Crippen LogP contribution >= 0.6 is 0 Å². The normalized spacial score (nSPS) is 17.0. The maximum absolute atomic E-state index is 12.5. The van der Waals surface area contributed by atoms with Crippen LogP contribution in [0.2, 0.25) is 0 Å². The van der Waals surface area contributed by atoms with Gasteiger partial charge in [0.15, 0.2) is 0 Å². The second kappa shape index (κ2) is 8.70. The van der Waals surface area contributed by atoms with E-state index in [9.17, 15) is 4.79 Å². The van der Waals surface area contributed by atoms with E-state index in [0.29, 0.717) is 11.6 Å². The largest absolute Gasteiger partial charge is 0.497 e. The predicted molar refractivity (Wildman–Crippen MR) is 104 cm³/mol. The molecule has 1 N–H and O–H groups in total.